The summed E-state index contributed by atoms with van der Waals surface area (Å²) in [4.78, 5) is 2.62. The Labute approximate surface area is 121 Å². The van der Waals surface area contributed by atoms with Gasteiger partial charge in [0, 0.05) is 25.2 Å². The van der Waals surface area contributed by atoms with E-state index < -0.39 is 6.43 Å². The second-order valence-corrected chi connectivity index (χ2v) is 7.17. The molecule has 0 aromatic heterocycles. The molecule has 2 atom stereocenters. The molecule has 1 N–H and O–H groups in total. The van der Waals surface area contributed by atoms with Gasteiger partial charge in [-0.1, -0.05) is 25.7 Å². The molecule has 2 saturated carbocycles. The second-order valence-electron chi connectivity index (χ2n) is 7.17. The van der Waals surface area contributed by atoms with Crippen LogP contribution < -0.4 is 5.32 Å². The van der Waals surface area contributed by atoms with Crippen molar-refractivity contribution in [2.45, 2.75) is 69.9 Å². The van der Waals surface area contributed by atoms with Crippen LogP contribution in [0.3, 0.4) is 0 Å². The summed E-state index contributed by atoms with van der Waals surface area (Å²) in [6, 6.07) is 1.01. The third-order valence-electron chi connectivity index (χ3n) is 5.33. The van der Waals surface area contributed by atoms with Crippen LogP contribution in [0.2, 0.25) is 0 Å². The van der Waals surface area contributed by atoms with E-state index in [0.29, 0.717) is 0 Å². The summed E-state index contributed by atoms with van der Waals surface area (Å²) in [7, 11) is 0. The van der Waals surface area contributed by atoms with E-state index in [9.17, 15) is 8.78 Å². The Kier molecular flexibility index (Phi) is 4.92. The highest BCUT2D eigenvalue weighted by Crippen LogP contribution is 2.38. The van der Waals surface area contributed by atoms with E-state index in [1.165, 1.54) is 51.5 Å². The maximum absolute atomic E-state index is 12.4. The van der Waals surface area contributed by atoms with Crippen molar-refractivity contribution < 1.29 is 8.78 Å². The van der Waals surface area contributed by atoms with Gasteiger partial charge in [-0.3, -0.25) is 4.90 Å². The molecular formula is C16H28F2N2. The van der Waals surface area contributed by atoms with Gasteiger partial charge in [-0.15, -0.1) is 0 Å². The van der Waals surface area contributed by atoms with E-state index in [2.05, 4.69) is 10.2 Å². The largest absolute Gasteiger partial charge is 0.307 e. The van der Waals surface area contributed by atoms with Gasteiger partial charge in [0.15, 0.2) is 0 Å². The predicted octanol–water partition coefficient (Wildman–Crippen LogP) is 3.27. The van der Waals surface area contributed by atoms with E-state index in [1.54, 1.807) is 0 Å². The molecule has 0 aromatic carbocycles. The summed E-state index contributed by atoms with van der Waals surface area (Å²) >= 11 is 0. The van der Waals surface area contributed by atoms with Crippen LogP contribution >= 0.6 is 0 Å². The van der Waals surface area contributed by atoms with Crippen molar-refractivity contribution in [2.75, 3.05) is 19.6 Å². The topological polar surface area (TPSA) is 15.3 Å². The van der Waals surface area contributed by atoms with Crippen molar-refractivity contribution in [3.05, 3.63) is 0 Å². The smallest absolute Gasteiger partial charge is 0.250 e. The molecule has 0 radical (unpaired) electrons. The maximum Gasteiger partial charge on any atom is 0.250 e. The molecule has 0 bridgehead atoms. The van der Waals surface area contributed by atoms with Gasteiger partial charge in [-0.05, 0) is 37.5 Å². The summed E-state index contributed by atoms with van der Waals surface area (Å²) < 4.78 is 24.9. The lowest BCUT2D eigenvalue weighted by atomic mass is 9.88. The highest BCUT2D eigenvalue weighted by atomic mass is 19.3. The summed E-state index contributed by atoms with van der Waals surface area (Å²) in [5, 5.41) is 3.11. The molecule has 116 valence electrons. The molecule has 2 nitrogen and oxygen atoms in total. The Morgan fingerprint density at radius 3 is 2.40 bits per heavy atom. The molecule has 2 aliphatic carbocycles. The van der Waals surface area contributed by atoms with Gasteiger partial charge in [0.1, 0.15) is 0 Å². The molecule has 2 unspecified atom stereocenters. The number of likely N-dealkylation sites (tertiary alicyclic amines) is 1. The molecule has 0 spiro atoms. The Morgan fingerprint density at radius 2 is 1.75 bits per heavy atom. The van der Waals surface area contributed by atoms with Crippen LogP contribution in [0.25, 0.3) is 0 Å². The van der Waals surface area contributed by atoms with Crippen LogP contribution in [-0.2, 0) is 0 Å². The fraction of sp³-hybridized carbons (Fsp3) is 1.00. The average molecular weight is 286 g/mol. The fourth-order valence-electron chi connectivity index (χ4n) is 4.21. The lowest BCUT2D eigenvalue weighted by molar-refractivity contribution is 0.0798. The Morgan fingerprint density at radius 1 is 1.00 bits per heavy atom. The van der Waals surface area contributed by atoms with Crippen molar-refractivity contribution in [3.8, 4) is 0 Å². The first-order chi connectivity index (χ1) is 9.70. The van der Waals surface area contributed by atoms with Crippen LogP contribution in [0.5, 0.6) is 0 Å². The number of piperidine rings is 1. The monoisotopic (exact) mass is 286 g/mol. The minimum absolute atomic E-state index is 0.140. The SMILES string of the molecule is FC(F)CNC1CC(CC2CC2)CN(C2CCCC2)C1. The first-order valence-corrected chi connectivity index (χ1v) is 8.46. The van der Waals surface area contributed by atoms with Crippen molar-refractivity contribution >= 4 is 0 Å². The number of rotatable bonds is 6. The van der Waals surface area contributed by atoms with Gasteiger partial charge in [0.05, 0.1) is 6.54 Å². The van der Waals surface area contributed by atoms with Crippen LogP contribution in [0.1, 0.15) is 51.4 Å². The Balaban J connectivity index is 1.55. The van der Waals surface area contributed by atoms with Crippen LogP contribution in [0.4, 0.5) is 8.78 Å². The van der Waals surface area contributed by atoms with Crippen molar-refractivity contribution in [1.29, 1.82) is 0 Å². The third-order valence-corrected chi connectivity index (χ3v) is 5.33. The number of halogens is 2. The molecule has 1 aliphatic heterocycles. The number of alkyl halides is 2. The van der Waals surface area contributed by atoms with E-state index >= 15 is 0 Å². The highest BCUT2D eigenvalue weighted by molar-refractivity contribution is 4.90. The fourth-order valence-corrected chi connectivity index (χ4v) is 4.21. The molecule has 3 aliphatic rings. The van der Waals surface area contributed by atoms with Crippen molar-refractivity contribution in [1.82, 2.24) is 10.2 Å². The number of nitrogens with zero attached hydrogens (tertiary/aromatic N) is 1. The molecule has 20 heavy (non-hydrogen) atoms. The molecule has 3 fully saturated rings. The van der Waals surface area contributed by atoms with E-state index in [-0.39, 0.29) is 12.6 Å². The maximum atomic E-state index is 12.4. The summed E-state index contributed by atoms with van der Waals surface area (Å²) in [6.07, 6.45) is 8.34. The van der Waals surface area contributed by atoms with E-state index in [4.69, 9.17) is 0 Å². The minimum Gasteiger partial charge on any atom is -0.307 e. The van der Waals surface area contributed by atoms with Gasteiger partial charge in [0.2, 0.25) is 0 Å². The van der Waals surface area contributed by atoms with Crippen LogP contribution in [-0.4, -0.2) is 43.0 Å². The minimum atomic E-state index is -2.22. The molecule has 4 heteroatoms. The van der Waals surface area contributed by atoms with E-state index in [0.717, 1.165) is 30.8 Å². The van der Waals surface area contributed by atoms with Crippen molar-refractivity contribution in [2.24, 2.45) is 11.8 Å². The van der Waals surface area contributed by atoms with Gasteiger partial charge in [-0.25, -0.2) is 8.78 Å². The first-order valence-electron chi connectivity index (χ1n) is 8.46. The number of nitrogens with one attached hydrogen (secondary N) is 1. The molecule has 0 aromatic rings. The molecule has 3 rings (SSSR count). The number of hydrogen-bond acceptors (Lipinski definition) is 2. The Hall–Kier alpha value is -0.220. The van der Waals surface area contributed by atoms with Gasteiger partial charge in [-0.2, -0.15) is 0 Å². The predicted molar refractivity (Wildman–Crippen MR) is 77.1 cm³/mol. The first kappa shape index (κ1) is 14.7. The average Bonchev–Trinajstić information content (AvgIpc) is 3.07. The zero-order chi connectivity index (χ0) is 13.9. The quantitative estimate of drug-likeness (QED) is 0.806. The lowest BCUT2D eigenvalue weighted by Crippen LogP contribution is -2.52. The van der Waals surface area contributed by atoms with Crippen LogP contribution in [0, 0.1) is 11.8 Å². The van der Waals surface area contributed by atoms with Crippen LogP contribution in [0.15, 0.2) is 0 Å². The standard InChI is InChI=1S/C16H28F2N2/c17-16(18)9-19-14-8-13(7-12-5-6-12)10-20(11-14)15-3-1-2-4-15/h12-16,19H,1-11H2. The summed E-state index contributed by atoms with van der Waals surface area (Å²) in [6.45, 7) is 2.06. The zero-order valence-electron chi connectivity index (χ0n) is 12.4. The highest BCUT2D eigenvalue weighted by Gasteiger charge is 2.35. The van der Waals surface area contributed by atoms with Gasteiger partial charge < -0.3 is 5.32 Å². The third kappa shape index (κ3) is 4.14. The normalized spacial score (nSPS) is 33.1. The molecule has 1 saturated heterocycles. The zero-order valence-corrected chi connectivity index (χ0v) is 12.4. The number of hydrogen-bond donors (Lipinski definition) is 1. The summed E-state index contributed by atoms with van der Waals surface area (Å²) in [5.74, 6) is 1.67. The molecule has 1 heterocycles. The Bertz CT molecular complexity index is 301. The van der Waals surface area contributed by atoms with Gasteiger partial charge in [0.25, 0.3) is 6.43 Å². The molecular weight excluding hydrogens is 258 g/mol. The van der Waals surface area contributed by atoms with E-state index in [1.807, 2.05) is 0 Å². The summed E-state index contributed by atoms with van der Waals surface area (Å²) in [5.41, 5.74) is 0. The molecule has 0 amide bonds. The second kappa shape index (κ2) is 6.69. The lowest BCUT2D eigenvalue weighted by Gasteiger charge is -2.41. The van der Waals surface area contributed by atoms with Gasteiger partial charge >= 0.3 is 0 Å². The van der Waals surface area contributed by atoms with Crippen molar-refractivity contribution in [3.63, 3.8) is 0 Å².